The van der Waals surface area contributed by atoms with Gasteiger partial charge in [-0.15, -0.1) is 5.10 Å². The van der Waals surface area contributed by atoms with E-state index in [4.69, 9.17) is 0 Å². The number of nitrogens with one attached hydrogen (secondary N) is 2. The Morgan fingerprint density at radius 2 is 2.04 bits per heavy atom. The zero-order chi connectivity index (χ0) is 18.0. The van der Waals surface area contributed by atoms with E-state index in [0.717, 1.165) is 17.3 Å². The van der Waals surface area contributed by atoms with Gasteiger partial charge in [-0.05, 0) is 24.3 Å². The SMILES string of the molecule is Cc1nn(Cc2ccccc2)c(C)c1NC(=O)c1cc([N+](=O)[O-])[nH]n1. The zero-order valence-corrected chi connectivity index (χ0v) is 13.7. The van der Waals surface area contributed by atoms with Gasteiger partial charge in [-0.1, -0.05) is 35.4 Å². The molecule has 2 N–H and O–H groups in total. The smallest absolute Gasteiger partial charge is 0.343 e. The van der Waals surface area contributed by atoms with Gasteiger partial charge in [0, 0.05) is 0 Å². The van der Waals surface area contributed by atoms with Gasteiger partial charge in [-0.25, -0.2) is 0 Å². The molecule has 0 atom stereocenters. The Kier molecular flexibility index (Phi) is 4.29. The van der Waals surface area contributed by atoms with E-state index in [1.165, 1.54) is 0 Å². The van der Waals surface area contributed by atoms with Crippen molar-refractivity contribution in [1.29, 1.82) is 0 Å². The molecule has 9 nitrogen and oxygen atoms in total. The van der Waals surface area contributed by atoms with Crippen LogP contribution in [0.3, 0.4) is 0 Å². The summed E-state index contributed by atoms with van der Waals surface area (Å²) in [6.07, 6.45) is 0. The number of nitro groups is 1. The minimum atomic E-state index is -0.641. The molecule has 0 fully saturated rings. The molecule has 3 rings (SSSR count). The van der Waals surface area contributed by atoms with E-state index in [0.29, 0.717) is 17.9 Å². The van der Waals surface area contributed by atoms with Crippen LogP contribution in [-0.2, 0) is 6.54 Å². The molecule has 0 radical (unpaired) electrons. The van der Waals surface area contributed by atoms with E-state index in [1.54, 1.807) is 11.6 Å². The molecule has 0 aliphatic carbocycles. The first-order valence-electron chi connectivity index (χ1n) is 7.55. The molecule has 0 bridgehead atoms. The Bertz CT molecular complexity index is 929. The molecule has 0 aliphatic heterocycles. The highest BCUT2D eigenvalue weighted by atomic mass is 16.6. The monoisotopic (exact) mass is 340 g/mol. The Morgan fingerprint density at radius 3 is 2.68 bits per heavy atom. The molecule has 0 saturated carbocycles. The van der Waals surface area contributed by atoms with Crippen molar-refractivity contribution in [3.8, 4) is 0 Å². The molecule has 2 heterocycles. The van der Waals surface area contributed by atoms with Gasteiger partial charge in [0.05, 0.1) is 29.7 Å². The molecule has 0 aliphatic rings. The van der Waals surface area contributed by atoms with Crippen LogP contribution in [0.25, 0.3) is 0 Å². The summed E-state index contributed by atoms with van der Waals surface area (Å²) in [5.74, 6) is -0.867. The lowest BCUT2D eigenvalue weighted by atomic mass is 10.2. The molecule has 0 unspecified atom stereocenters. The summed E-state index contributed by atoms with van der Waals surface area (Å²) in [5.41, 5.74) is 3.06. The normalized spacial score (nSPS) is 10.6. The second kappa shape index (κ2) is 6.56. The number of aromatic nitrogens is 4. The quantitative estimate of drug-likeness (QED) is 0.546. The number of hydrogen-bond acceptors (Lipinski definition) is 5. The fourth-order valence-corrected chi connectivity index (χ4v) is 2.49. The van der Waals surface area contributed by atoms with Gasteiger partial charge in [0.1, 0.15) is 0 Å². The maximum absolute atomic E-state index is 12.3. The molecule has 1 amide bonds. The Labute approximate surface area is 142 Å². The fraction of sp³-hybridized carbons (Fsp3) is 0.188. The summed E-state index contributed by atoms with van der Waals surface area (Å²) >= 11 is 0. The summed E-state index contributed by atoms with van der Waals surface area (Å²) in [5, 5.41) is 23.7. The number of rotatable bonds is 5. The number of nitrogens with zero attached hydrogens (tertiary/aromatic N) is 4. The number of H-pyrrole nitrogens is 1. The molecular weight excluding hydrogens is 324 g/mol. The number of aryl methyl sites for hydroxylation is 1. The third-order valence-corrected chi connectivity index (χ3v) is 3.79. The van der Waals surface area contributed by atoms with Gasteiger partial charge in [0.2, 0.25) is 0 Å². The van der Waals surface area contributed by atoms with Gasteiger partial charge >= 0.3 is 5.82 Å². The second-order valence-corrected chi connectivity index (χ2v) is 5.54. The van der Waals surface area contributed by atoms with Crippen molar-refractivity contribution in [1.82, 2.24) is 20.0 Å². The van der Waals surface area contributed by atoms with Crippen LogP contribution < -0.4 is 5.32 Å². The van der Waals surface area contributed by atoms with E-state index >= 15 is 0 Å². The van der Waals surface area contributed by atoms with Gasteiger partial charge in [-0.3, -0.25) is 9.48 Å². The number of amides is 1. The zero-order valence-electron chi connectivity index (χ0n) is 13.7. The van der Waals surface area contributed by atoms with Crippen molar-refractivity contribution >= 4 is 17.4 Å². The minimum absolute atomic E-state index is 0.0543. The van der Waals surface area contributed by atoms with Crippen LogP contribution in [0.2, 0.25) is 0 Å². The Balaban J connectivity index is 1.80. The highest BCUT2D eigenvalue weighted by Crippen LogP contribution is 2.21. The summed E-state index contributed by atoms with van der Waals surface area (Å²) < 4.78 is 1.80. The number of anilines is 1. The number of carbonyl (C=O) groups excluding carboxylic acids is 1. The third kappa shape index (κ3) is 3.39. The Morgan fingerprint density at radius 1 is 1.32 bits per heavy atom. The molecule has 2 aromatic heterocycles. The van der Waals surface area contributed by atoms with Crippen LogP contribution in [0.15, 0.2) is 36.4 Å². The van der Waals surface area contributed by atoms with Crippen molar-refractivity contribution in [3.63, 3.8) is 0 Å². The molecule has 0 spiro atoms. The lowest BCUT2D eigenvalue weighted by Gasteiger charge is -2.06. The topological polar surface area (TPSA) is 119 Å². The van der Waals surface area contributed by atoms with Crippen LogP contribution in [0.5, 0.6) is 0 Å². The highest BCUT2D eigenvalue weighted by molar-refractivity contribution is 6.03. The van der Waals surface area contributed by atoms with Crippen LogP contribution in [0.4, 0.5) is 11.5 Å². The summed E-state index contributed by atoms with van der Waals surface area (Å²) in [4.78, 5) is 22.3. The maximum Gasteiger partial charge on any atom is 0.343 e. The summed E-state index contributed by atoms with van der Waals surface area (Å²) in [7, 11) is 0. The van der Waals surface area contributed by atoms with Crippen molar-refractivity contribution in [2.24, 2.45) is 0 Å². The van der Waals surface area contributed by atoms with Crippen molar-refractivity contribution in [3.05, 3.63) is 69.2 Å². The van der Waals surface area contributed by atoms with E-state index in [1.807, 2.05) is 37.3 Å². The molecule has 9 heteroatoms. The number of carbonyl (C=O) groups is 1. The summed E-state index contributed by atoms with van der Waals surface area (Å²) in [6, 6.07) is 10.9. The predicted molar refractivity (Wildman–Crippen MR) is 90.4 cm³/mol. The first-order valence-corrected chi connectivity index (χ1v) is 7.55. The van der Waals surface area contributed by atoms with Crippen LogP contribution in [0, 0.1) is 24.0 Å². The van der Waals surface area contributed by atoms with E-state index in [9.17, 15) is 14.9 Å². The van der Waals surface area contributed by atoms with Crippen molar-refractivity contribution in [2.75, 3.05) is 5.32 Å². The number of aromatic amines is 1. The highest BCUT2D eigenvalue weighted by Gasteiger charge is 2.20. The standard InChI is InChI=1S/C16H16N6O3/c1-10-15(17-16(23)13-8-14(19-18-13)22(24)25)11(2)21(20-10)9-12-6-4-3-5-7-12/h3-8H,9H2,1-2H3,(H,17,23)(H,18,19). The van der Waals surface area contributed by atoms with E-state index in [2.05, 4.69) is 20.6 Å². The predicted octanol–water partition coefficient (Wildman–Crippen LogP) is 2.43. The van der Waals surface area contributed by atoms with Crippen molar-refractivity contribution < 1.29 is 9.72 Å². The average Bonchev–Trinajstić information content (AvgIpc) is 3.17. The van der Waals surface area contributed by atoms with E-state index in [-0.39, 0.29) is 11.5 Å². The average molecular weight is 340 g/mol. The van der Waals surface area contributed by atoms with E-state index < -0.39 is 10.8 Å². The molecule has 128 valence electrons. The largest absolute Gasteiger partial charge is 0.358 e. The first kappa shape index (κ1) is 16.4. The number of benzene rings is 1. The van der Waals surface area contributed by atoms with Crippen molar-refractivity contribution in [2.45, 2.75) is 20.4 Å². The molecule has 25 heavy (non-hydrogen) atoms. The molecule has 1 aromatic carbocycles. The van der Waals surface area contributed by atoms with Gasteiger partial charge in [0.25, 0.3) is 5.91 Å². The first-order chi connectivity index (χ1) is 12.0. The van der Waals surface area contributed by atoms with Crippen LogP contribution >= 0.6 is 0 Å². The lowest BCUT2D eigenvalue weighted by Crippen LogP contribution is -2.14. The van der Waals surface area contributed by atoms with Gasteiger partial charge < -0.3 is 15.4 Å². The summed E-state index contributed by atoms with van der Waals surface area (Å²) in [6.45, 7) is 4.22. The minimum Gasteiger partial charge on any atom is -0.358 e. The van der Waals surface area contributed by atoms with Gasteiger partial charge in [-0.2, -0.15) is 5.10 Å². The molecule has 3 aromatic rings. The second-order valence-electron chi connectivity index (χ2n) is 5.54. The maximum atomic E-state index is 12.3. The molecular formula is C16H16N6O3. The van der Waals surface area contributed by atoms with Crippen LogP contribution in [-0.4, -0.2) is 30.8 Å². The van der Waals surface area contributed by atoms with Crippen LogP contribution in [0.1, 0.15) is 27.4 Å². The molecule has 0 saturated heterocycles. The van der Waals surface area contributed by atoms with Gasteiger partial charge in [0.15, 0.2) is 5.69 Å². The lowest BCUT2D eigenvalue weighted by molar-refractivity contribution is -0.389. The Hall–Kier alpha value is -3.49. The number of hydrogen-bond donors (Lipinski definition) is 2. The third-order valence-electron chi connectivity index (χ3n) is 3.79. The fourth-order valence-electron chi connectivity index (χ4n) is 2.49.